The van der Waals surface area contributed by atoms with Gasteiger partial charge in [-0.05, 0) is 63.2 Å². The highest BCUT2D eigenvalue weighted by molar-refractivity contribution is 7.98. The van der Waals surface area contributed by atoms with E-state index >= 15 is 0 Å². The molecule has 0 saturated heterocycles. The Balaban J connectivity index is 2.96. The monoisotopic (exact) mass is 707 g/mol. The standard InChI is InChI=1S/C36H61N5O7S/c1-21(2)17-26(38-32(44)27(20-49-11)39-34(46)30(23(5)6)41-35(47)48-36(8,9)10)28(42)18-24(7)31(43)40-29(22(3)4)33(45)37-19-25-15-13-12-14-16-25/h12-16,21-24,26-30,42H,17-20H2,1-11H3,(H,37,45)(H,38,44)(H,39,46)(H,40,43)(H,41,47)/t24?,26-,27?,28?,29?,30-/m0/s1. The van der Waals surface area contributed by atoms with Crippen molar-refractivity contribution in [3.8, 4) is 0 Å². The average molecular weight is 708 g/mol. The molecule has 0 bridgehead atoms. The zero-order valence-corrected chi connectivity index (χ0v) is 32.0. The smallest absolute Gasteiger partial charge is 0.408 e. The topological polar surface area (TPSA) is 175 Å². The fourth-order valence-electron chi connectivity index (χ4n) is 5.04. The lowest BCUT2D eigenvalue weighted by atomic mass is 9.91. The number of nitrogens with one attached hydrogen (secondary N) is 5. The minimum absolute atomic E-state index is 0.0364. The average Bonchev–Trinajstić information content (AvgIpc) is 2.99. The third-order valence-corrected chi connectivity index (χ3v) is 8.37. The van der Waals surface area contributed by atoms with E-state index in [1.54, 1.807) is 47.8 Å². The molecule has 0 aliphatic heterocycles. The van der Waals surface area contributed by atoms with Crippen LogP contribution in [-0.2, 0) is 30.5 Å². The number of amides is 5. The van der Waals surface area contributed by atoms with Crippen LogP contribution in [0.2, 0.25) is 0 Å². The van der Waals surface area contributed by atoms with Crippen LogP contribution >= 0.6 is 11.8 Å². The van der Waals surface area contributed by atoms with E-state index in [4.69, 9.17) is 4.74 Å². The SMILES string of the molecule is CSCC(NC(=O)[C@@H](NC(=O)OC(C)(C)C)C(C)C)C(=O)N[C@@H](CC(C)C)C(O)CC(C)C(=O)NC(C(=O)NCc1ccccc1)C(C)C. The number of alkyl carbamates (subject to hydrolysis) is 1. The van der Waals surface area contributed by atoms with Crippen molar-refractivity contribution in [2.45, 2.75) is 124 Å². The summed E-state index contributed by atoms with van der Waals surface area (Å²) in [7, 11) is 0. The molecule has 13 heteroatoms. The van der Waals surface area contributed by atoms with Crippen molar-refractivity contribution in [1.29, 1.82) is 0 Å². The Hall–Kier alpha value is -3.32. The second-order valence-electron chi connectivity index (χ2n) is 14.8. The van der Waals surface area contributed by atoms with Gasteiger partial charge >= 0.3 is 6.09 Å². The summed E-state index contributed by atoms with van der Waals surface area (Å²) in [4.78, 5) is 65.5. The van der Waals surface area contributed by atoms with Crippen LogP contribution in [-0.4, -0.2) is 82.7 Å². The van der Waals surface area contributed by atoms with Crippen molar-refractivity contribution < 1.29 is 33.8 Å². The first-order valence-electron chi connectivity index (χ1n) is 17.1. The van der Waals surface area contributed by atoms with Crippen LogP contribution in [0.25, 0.3) is 0 Å². The second kappa shape index (κ2) is 21.0. The number of aliphatic hydroxyl groups excluding tert-OH is 1. The van der Waals surface area contributed by atoms with E-state index in [9.17, 15) is 29.1 Å². The fourth-order valence-corrected chi connectivity index (χ4v) is 5.61. The molecule has 1 aromatic carbocycles. The van der Waals surface area contributed by atoms with E-state index in [2.05, 4.69) is 26.6 Å². The molecule has 0 aliphatic rings. The first-order valence-corrected chi connectivity index (χ1v) is 18.5. The van der Waals surface area contributed by atoms with Crippen LogP contribution in [0, 0.1) is 23.7 Å². The van der Waals surface area contributed by atoms with Gasteiger partial charge in [0.2, 0.25) is 23.6 Å². The molecule has 0 saturated carbocycles. The van der Waals surface area contributed by atoms with Crippen molar-refractivity contribution in [1.82, 2.24) is 26.6 Å². The summed E-state index contributed by atoms with van der Waals surface area (Å²) in [6.45, 7) is 18.3. The summed E-state index contributed by atoms with van der Waals surface area (Å²) >= 11 is 1.36. The molecule has 49 heavy (non-hydrogen) atoms. The Kier molecular flexibility index (Phi) is 18.7. The number of ether oxygens (including phenoxy) is 1. The Morgan fingerprint density at radius 1 is 0.755 bits per heavy atom. The maximum absolute atomic E-state index is 13.6. The summed E-state index contributed by atoms with van der Waals surface area (Å²) in [6, 6.07) is 6.11. The van der Waals surface area contributed by atoms with Crippen molar-refractivity contribution >= 4 is 41.5 Å². The summed E-state index contributed by atoms with van der Waals surface area (Å²) in [5.41, 5.74) is 0.192. The van der Waals surface area contributed by atoms with E-state index in [1.165, 1.54) is 11.8 Å². The maximum atomic E-state index is 13.6. The first kappa shape index (κ1) is 43.7. The van der Waals surface area contributed by atoms with E-state index < -0.39 is 59.7 Å². The van der Waals surface area contributed by atoms with Gasteiger partial charge in [-0.2, -0.15) is 11.8 Å². The molecule has 1 aromatic rings. The number of rotatable bonds is 19. The highest BCUT2D eigenvalue weighted by atomic mass is 32.2. The van der Waals surface area contributed by atoms with Gasteiger partial charge < -0.3 is 36.4 Å². The van der Waals surface area contributed by atoms with Crippen LogP contribution in [0.1, 0.15) is 87.6 Å². The fraction of sp³-hybridized carbons (Fsp3) is 0.694. The highest BCUT2D eigenvalue weighted by Gasteiger charge is 2.33. The number of thioether (sulfide) groups is 1. The molecule has 6 atom stereocenters. The zero-order valence-electron chi connectivity index (χ0n) is 31.2. The molecule has 6 N–H and O–H groups in total. The lowest BCUT2D eigenvalue weighted by Gasteiger charge is -2.31. The molecule has 0 aromatic heterocycles. The van der Waals surface area contributed by atoms with Crippen LogP contribution in [0.5, 0.6) is 0 Å². The number of carbonyl (C=O) groups is 5. The highest BCUT2D eigenvalue weighted by Crippen LogP contribution is 2.17. The number of hydrogen-bond acceptors (Lipinski definition) is 8. The molecule has 0 heterocycles. The lowest BCUT2D eigenvalue weighted by Crippen LogP contribution is -2.58. The predicted molar refractivity (Wildman–Crippen MR) is 195 cm³/mol. The predicted octanol–water partition coefficient (Wildman–Crippen LogP) is 3.76. The van der Waals surface area contributed by atoms with Gasteiger partial charge in [0, 0.05) is 18.2 Å². The van der Waals surface area contributed by atoms with Gasteiger partial charge in [-0.15, -0.1) is 0 Å². The maximum Gasteiger partial charge on any atom is 0.408 e. The molecule has 5 amide bonds. The van der Waals surface area contributed by atoms with Crippen molar-refractivity contribution in [3.05, 3.63) is 35.9 Å². The quantitative estimate of drug-likeness (QED) is 0.126. The molecular weight excluding hydrogens is 646 g/mol. The minimum Gasteiger partial charge on any atom is -0.444 e. The van der Waals surface area contributed by atoms with Gasteiger partial charge in [0.15, 0.2) is 0 Å². The molecule has 4 unspecified atom stereocenters. The van der Waals surface area contributed by atoms with Crippen molar-refractivity contribution in [2.24, 2.45) is 23.7 Å². The minimum atomic E-state index is -1.08. The van der Waals surface area contributed by atoms with Crippen molar-refractivity contribution in [2.75, 3.05) is 12.0 Å². The Labute approximate surface area is 297 Å². The van der Waals surface area contributed by atoms with Gasteiger partial charge in [0.05, 0.1) is 12.1 Å². The zero-order chi connectivity index (χ0) is 37.5. The molecule has 0 fully saturated rings. The summed E-state index contributed by atoms with van der Waals surface area (Å²) in [5.74, 6) is -2.49. The third-order valence-electron chi connectivity index (χ3n) is 7.70. The Morgan fingerprint density at radius 3 is 1.84 bits per heavy atom. The van der Waals surface area contributed by atoms with Crippen molar-refractivity contribution in [3.63, 3.8) is 0 Å². The molecule has 0 radical (unpaired) electrons. The molecule has 1 rings (SSSR count). The van der Waals surface area contributed by atoms with E-state index in [-0.39, 0.29) is 41.7 Å². The van der Waals surface area contributed by atoms with E-state index in [0.717, 1.165) is 5.56 Å². The van der Waals surface area contributed by atoms with Gasteiger partial charge in [0.1, 0.15) is 23.7 Å². The van der Waals surface area contributed by atoms with Crippen LogP contribution in [0.15, 0.2) is 30.3 Å². The van der Waals surface area contributed by atoms with E-state index in [1.807, 2.05) is 58.0 Å². The number of carbonyl (C=O) groups excluding carboxylic acids is 5. The molecule has 12 nitrogen and oxygen atoms in total. The lowest BCUT2D eigenvalue weighted by molar-refractivity contribution is -0.133. The van der Waals surface area contributed by atoms with E-state index in [0.29, 0.717) is 13.0 Å². The Morgan fingerprint density at radius 2 is 1.33 bits per heavy atom. The Bertz CT molecular complexity index is 1210. The van der Waals surface area contributed by atoms with Gasteiger partial charge in [-0.3, -0.25) is 19.2 Å². The largest absolute Gasteiger partial charge is 0.444 e. The van der Waals surface area contributed by atoms with Gasteiger partial charge in [-0.25, -0.2) is 4.79 Å². The third kappa shape index (κ3) is 16.8. The molecular formula is C36H61N5O7S. The van der Waals surface area contributed by atoms with Crippen LogP contribution < -0.4 is 26.6 Å². The summed E-state index contributed by atoms with van der Waals surface area (Å²) < 4.78 is 5.32. The van der Waals surface area contributed by atoms with Crippen LogP contribution in [0.4, 0.5) is 4.79 Å². The van der Waals surface area contributed by atoms with Gasteiger partial charge in [-0.1, -0.05) is 78.8 Å². The normalized spacial score (nSPS) is 15.4. The first-order chi connectivity index (χ1) is 22.7. The molecule has 0 aliphatic carbocycles. The summed E-state index contributed by atoms with van der Waals surface area (Å²) in [6.07, 6.45) is 0.442. The molecule has 0 spiro atoms. The van der Waals surface area contributed by atoms with Gasteiger partial charge in [0.25, 0.3) is 0 Å². The molecule has 278 valence electrons. The second-order valence-corrected chi connectivity index (χ2v) is 15.7. The summed E-state index contributed by atoms with van der Waals surface area (Å²) in [5, 5.41) is 25.3. The number of hydrogen-bond donors (Lipinski definition) is 6. The number of benzene rings is 1. The number of aliphatic hydroxyl groups is 1. The van der Waals surface area contributed by atoms with Crippen LogP contribution in [0.3, 0.4) is 0 Å².